The fourth-order valence-corrected chi connectivity index (χ4v) is 2.78. The molecule has 0 radical (unpaired) electrons. The molecule has 1 heterocycles. The highest BCUT2D eigenvalue weighted by molar-refractivity contribution is 5.86. The topological polar surface area (TPSA) is 75.3 Å². The highest BCUT2D eigenvalue weighted by atomic mass is 16.6. The highest BCUT2D eigenvalue weighted by Gasteiger charge is 2.06. The van der Waals surface area contributed by atoms with E-state index in [4.69, 9.17) is 4.74 Å². The van der Waals surface area contributed by atoms with E-state index in [0.29, 0.717) is 11.4 Å². The van der Waals surface area contributed by atoms with Crippen LogP contribution in [0.15, 0.2) is 103 Å². The van der Waals surface area contributed by atoms with Crippen LogP contribution in [0.25, 0.3) is 0 Å². The fourth-order valence-electron chi connectivity index (χ4n) is 2.78. The second-order valence-electron chi connectivity index (χ2n) is 6.47. The zero-order valence-electron chi connectivity index (χ0n) is 16.1. The van der Waals surface area contributed by atoms with Crippen LogP contribution in [0.1, 0.15) is 0 Å². The maximum absolute atomic E-state index is 12.2. The number of ether oxygens (including phenoxy) is 1. The number of carbonyl (C=O) groups is 1. The number of amides is 1. The summed E-state index contributed by atoms with van der Waals surface area (Å²) in [6.07, 6.45) is 2.89. The zero-order valence-corrected chi connectivity index (χ0v) is 16.1. The standard InChI is InChI=1S/C24H20N4O2/c29-24(28-21-8-6-19(7-9-21)26-18-4-2-1-3-5-18)30-23-12-10-20(11-13-23)27-22-14-16-25-17-15-22/h1-17,26H,(H,25,27)(H,28,29). The Labute approximate surface area is 174 Å². The Balaban J connectivity index is 1.30. The number of hydrogen-bond acceptors (Lipinski definition) is 5. The minimum absolute atomic E-state index is 0.454. The predicted molar refractivity (Wildman–Crippen MR) is 120 cm³/mol. The third kappa shape index (κ3) is 5.36. The number of carbonyl (C=O) groups excluding carboxylic acids is 1. The van der Waals surface area contributed by atoms with Crippen LogP contribution in [0.2, 0.25) is 0 Å². The average Bonchev–Trinajstić information content (AvgIpc) is 2.78. The largest absolute Gasteiger partial charge is 0.417 e. The molecular weight excluding hydrogens is 376 g/mol. The lowest BCUT2D eigenvalue weighted by molar-refractivity contribution is 0.215. The number of para-hydroxylation sites is 1. The number of aromatic nitrogens is 1. The van der Waals surface area contributed by atoms with Crippen molar-refractivity contribution < 1.29 is 9.53 Å². The van der Waals surface area contributed by atoms with Gasteiger partial charge in [0.05, 0.1) is 0 Å². The van der Waals surface area contributed by atoms with Crippen LogP contribution < -0.4 is 20.7 Å². The summed E-state index contributed by atoms with van der Waals surface area (Å²) < 4.78 is 5.35. The Morgan fingerprint density at radius 2 is 1.10 bits per heavy atom. The molecule has 6 heteroatoms. The van der Waals surface area contributed by atoms with Crippen LogP contribution in [0.3, 0.4) is 0 Å². The molecular formula is C24H20N4O2. The van der Waals surface area contributed by atoms with Crippen LogP contribution in [0.4, 0.5) is 33.2 Å². The number of nitrogens with zero attached hydrogens (tertiary/aromatic N) is 1. The number of rotatable bonds is 6. The molecule has 1 amide bonds. The number of nitrogens with one attached hydrogen (secondary N) is 3. The maximum atomic E-state index is 12.2. The Morgan fingerprint density at radius 1 is 0.600 bits per heavy atom. The molecule has 0 unspecified atom stereocenters. The van der Waals surface area contributed by atoms with Gasteiger partial charge in [0.1, 0.15) is 5.75 Å². The van der Waals surface area contributed by atoms with Gasteiger partial charge in [-0.15, -0.1) is 0 Å². The molecule has 0 aliphatic heterocycles. The molecule has 0 saturated heterocycles. The van der Waals surface area contributed by atoms with E-state index in [0.717, 1.165) is 22.7 Å². The van der Waals surface area contributed by atoms with Crippen molar-refractivity contribution in [1.82, 2.24) is 4.98 Å². The van der Waals surface area contributed by atoms with Crippen LogP contribution in [0.5, 0.6) is 5.75 Å². The summed E-state index contributed by atoms with van der Waals surface area (Å²) in [6.45, 7) is 0. The van der Waals surface area contributed by atoms with Gasteiger partial charge in [-0.3, -0.25) is 10.3 Å². The minimum atomic E-state index is -0.548. The average molecular weight is 396 g/mol. The minimum Gasteiger partial charge on any atom is -0.410 e. The van der Waals surface area contributed by atoms with Crippen molar-refractivity contribution >= 4 is 34.5 Å². The van der Waals surface area contributed by atoms with Gasteiger partial charge < -0.3 is 15.4 Å². The summed E-state index contributed by atoms with van der Waals surface area (Å²) in [5, 5.41) is 9.26. The molecule has 30 heavy (non-hydrogen) atoms. The number of hydrogen-bond donors (Lipinski definition) is 3. The van der Waals surface area contributed by atoms with Gasteiger partial charge >= 0.3 is 6.09 Å². The van der Waals surface area contributed by atoms with E-state index in [1.807, 2.05) is 78.9 Å². The van der Waals surface area contributed by atoms with Gasteiger partial charge in [0.25, 0.3) is 0 Å². The summed E-state index contributed by atoms with van der Waals surface area (Å²) in [7, 11) is 0. The van der Waals surface area contributed by atoms with Crippen molar-refractivity contribution in [3.05, 3.63) is 103 Å². The molecule has 4 rings (SSSR count). The van der Waals surface area contributed by atoms with Crippen LogP contribution in [-0.4, -0.2) is 11.1 Å². The number of pyridine rings is 1. The van der Waals surface area contributed by atoms with Crippen LogP contribution in [0, 0.1) is 0 Å². The van der Waals surface area contributed by atoms with Crippen molar-refractivity contribution in [3.8, 4) is 5.75 Å². The van der Waals surface area contributed by atoms with Gasteiger partial charge in [0.2, 0.25) is 0 Å². The first-order chi connectivity index (χ1) is 14.7. The van der Waals surface area contributed by atoms with Gasteiger partial charge in [-0.1, -0.05) is 18.2 Å². The lowest BCUT2D eigenvalue weighted by Gasteiger charge is -2.10. The van der Waals surface area contributed by atoms with Crippen molar-refractivity contribution in [3.63, 3.8) is 0 Å². The number of anilines is 5. The summed E-state index contributed by atoms with van der Waals surface area (Å²) >= 11 is 0. The van der Waals surface area contributed by atoms with E-state index >= 15 is 0 Å². The van der Waals surface area contributed by atoms with Gasteiger partial charge in [-0.2, -0.15) is 0 Å². The van der Waals surface area contributed by atoms with Crippen LogP contribution >= 0.6 is 0 Å². The van der Waals surface area contributed by atoms with Gasteiger partial charge in [0.15, 0.2) is 0 Å². The quantitative estimate of drug-likeness (QED) is 0.363. The third-order valence-corrected chi connectivity index (χ3v) is 4.23. The molecule has 1 aromatic heterocycles. The van der Waals surface area contributed by atoms with E-state index in [2.05, 4.69) is 20.9 Å². The first-order valence-electron chi connectivity index (χ1n) is 9.43. The summed E-state index contributed by atoms with van der Waals surface area (Å²) in [4.78, 5) is 16.1. The maximum Gasteiger partial charge on any atom is 0.417 e. The van der Waals surface area contributed by atoms with Gasteiger partial charge in [0, 0.05) is 40.8 Å². The molecule has 4 aromatic rings. The Bertz CT molecular complexity index is 995. The van der Waals surface area contributed by atoms with Gasteiger partial charge in [-0.05, 0) is 72.8 Å². The Kier molecular flexibility index (Phi) is 5.86. The smallest absolute Gasteiger partial charge is 0.410 e. The predicted octanol–water partition coefficient (Wildman–Crippen LogP) is 6.18. The molecule has 0 bridgehead atoms. The Morgan fingerprint density at radius 3 is 1.73 bits per heavy atom. The van der Waals surface area contributed by atoms with Crippen molar-refractivity contribution in [2.24, 2.45) is 0 Å². The SMILES string of the molecule is O=C(Nc1ccc(Nc2ccccc2)cc1)Oc1ccc(Nc2ccncc2)cc1. The fraction of sp³-hybridized carbons (Fsp3) is 0. The Hall–Kier alpha value is -4.32. The van der Waals surface area contributed by atoms with E-state index in [1.54, 1.807) is 24.5 Å². The molecule has 0 fully saturated rings. The third-order valence-electron chi connectivity index (χ3n) is 4.23. The van der Waals surface area contributed by atoms with Crippen molar-refractivity contribution in [2.75, 3.05) is 16.0 Å². The first kappa shape index (κ1) is 19.0. The summed E-state index contributed by atoms with van der Waals surface area (Å²) in [5.41, 5.74) is 4.39. The van der Waals surface area contributed by atoms with Crippen molar-refractivity contribution in [1.29, 1.82) is 0 Å². The molecule has 3 N–H and O–H groups in total. The molecule has 0 aliphatic carbocycles. The second-order valence-corrected chi connectivity index (χ2v) is 6.47. The van der Waals surface area contributed by atoms with Crippen LogP contribution in [-0.2, 0) is 0 Å². The normalized spacial score (nSPS) is 10.1. The molecule has 6 nitrogen and oxygen atoms in total. The number of benzene rings is 3. The van der Waals surface area contributed by atoms with Gasteiger partial charge in [-0.25, -0.2) is 4.79 Å². The zero-order chi connectivity index (χ0) is 20.6. The summed E-state index contributed by atoms with van der Waals surface area (Å²) in [6, 6.07) is 28.2. The molecule has 0 spiro atoms. The molecule has 0 saturated carbocycles. The lowest BCUT2D eigenvalue weighted by atomic mass is 10.2. The van der Waals surface area contributed by atoms with E-state index < -0.39 is 6.09 Å². The lowest BCUT2D eigenvalue weighted by Crippen LogP contribution is -2.16. The molecule has 0 aliphatic rings. The summed E-state index contributed by atoms with van der Waals surface area (Å²) in [5.74, 6) is 0.454. The highest BCUT2D eigenvalue weighted by Crippen LogP contribution is 2.21. The molecule has 148 valence electrons. The molecule has 0 atom stereocenters. The van der Waals surface area contributed by atoms with Crippen molar-refractivity contribution in [2.45, 2.75) is 0 Å². The second kappa shape index (κ2) is 9.25. The molecule has 3 aromatic carbocycles. The van der Waals surface area contributed by atoms with E-state index in [-0.39, 0.29) is 0 Å². The monoisotopic (exact) mass is 396 g/mol. The van der Waals surface area contributed by atoms with E-state index in [1.165, 1.54) is 0 Å². The van der Waals surface area contributed by atoms with E-state index in [9.17, 15) is 4.79 Å². The first-order valence-corrected chi connectivity index (χ1v) is 9.43.